The second-order valence-corrected chi connectivity index (χ2v) is 6.81. The summed E-state index contributed by atoms with van der Waals surface area (Å²) < 4.78 is 13.7. The molecule has 0 aliphatic heterocycles. The molecule has 0 bridgehead atoms. The summed E-state index contributed by atoms with van der Waals surface area (Å²) in [5.74, 6) is 0.573. The van der Waals surface area contributed by atoms with Crippen LogP contribution < -0.4 is 16.0 Å². The molecule has 1 rings (SSSR count). The zero-order valence-electron chi connectivity index (χ0n) is 15.3. The number of hydrogen-bond acceptors (Lipinski definition) is 2. The lowest BCUT2D eigenvalue weighted by atomic mass is 10.1. The lowest BCUT2D eigenvalue weighted by Gasteiger charge is -2.21. The van der Waals surface area contributed by atoms with Crippen molar-refractivity contribution in [2.24, 2.45) is 4.99 Å². The molecule has 130 valence electrons. The highest BCUT2D eigenvalue weighted by atomic mass is 19.1. The maximum atomic E-state index is 13.7. The molecule has 0 aromatic heterocycles. The standard InChI is InChI=1S/C18H31FN4/c1-7-20-17(21-10-11-22-18(4,5)6)23-14(3)15-9-8-13(2)16(19)12-15/h8-9,12,14,22H,7,10-11H2,1-6H3,(H2,20,21,23). The number of aliphatic imine (C=N–C) groups is 1. The zero-order chi connectivity index (χ0) is 17.5. The van der Waals surface area contributed by atoms with Gasteiger partial charge in [-0.3, -0.25) is 4.99 Å². The van der Waals surface area contributed by atoms with Gasteiger partial charge in [0, 0.05) is 18.6 Å². The summed E-state index contributed by atoms with van der Waals surface area (Å²) in [5.41, 5.74) is 1.66. The van der Waals surface area contributed by atoms with Gasteiger partial charge in [-0.25, -0.2) is 4.39 Å². The SMILES string of the molecule is CCNC(=NCCNC(C)(C)C)NC(C)c1ccc(C)c(F)c1. The van der Waals surface area contributed by atoms with Crippen molar-refractivity contribution in [3.63, 3.8) is 0 Å². The van der Waals surface area contributed by atoms with Gasteiger partial charge < -0.3 is 16.0 Å². The zero-order valence-corrected chi connectivity index (χ0v) is 15.3. The third-order valence-corrected chi connectivity index (χ3v) is 3.43. The second kappa shape index (κ2) is 8.87. The predicted octanol–water partition coefficient (Wildman–Crippen LogP) is 3.14. The third kappa shape index (κ3) is 7.46. The van der Waals surface area contributed by atoms with Crippen LogP contribution in [-0.4, -0.2) is 31.1 Å². The molecular weight excluding hydrogens is 291 g/mol. The van der Waals surface area contributed by atoms with Crippen molar-refractivity contribution in [3.8, 4) is 0 Å². The molecule has 1 aromatic rings. The first-order valence-electron chi connectivity index (χ1n) is 8.29. The minimum atomic E-state index is -0.174. The fraction of sp³-hybridized carbons (Fsp3) is 0.611. The molecular formula is C18H31FN4. The highest BCUT2D eigenvalue weighted by molar-refractivity contribution is 5.80. The first kappa shape index (κ1) is 19.4. The van der Waals surface area contributed by atoms with Gasteiger partial charge in [-0.1, -0.05) is 12.1 Å². The Morgan fingerprint density at radius 1 is 1.30 bits per heavy atom. The van der Waals surface area contributed by atoms with E-state index in [1.165, 1.54) is 0 Å². The minimum absolute atomic E-state index is 0.0153. The van der Waals surface area contributed by atoms with E-state index in [1.807, 2.05) is 19.9 Å². The van der Waals surface area contributed by atoms with Crippen LogP contribution in [0.4, 0.5) is 4.39 Å². The van der Waals surface area contributed by atoms with Crippen molar-refractivity contribution in [1.82, 2.24) is 16.0 Å². The molecule has 1 aromatic carbocycles. The number of rotatable bonds is 6. The van der Waals surface area contributed by atoms with Crippen LogP contribution in [0.2, 0.25) is 0 Å². The third-order valence-electron chi connectivity index (χ3n) is 3.43. The second-order valence-electron chi connectivity index (χ2n) is 6.81. The normalized spacial score (nSPS) is 13.8. The van der Waals surface area contributed by atoms with Gasteiger partial charge in [0.25, 0.3) is 0 Å². The molecule has 4 nitrogen and oxygen atoms in total. The first-order chi connectivity index (χ1) is 10.7. The van der Waals surface area contributed by atoms with Gasteiger partial charge >= 0.3 is 0 Å². The van der Waals surface area contributed by atoms with Crippen LogP contribution in [-0.2, 0) is 0 Å². The van der Waals surface area contributed by atoms with Crippen LogP contribution in [0.15, 0.2) is 23.2 Å². The van der Waals surface area contributed by atoms with Crippen LogP contribution in [0, 0.1) is 12.7 Å². The van der Waals surface area contributed by atoms with Crippen molar-refractivity contribution in [1.29, 1.82) is 0 Å². The molecule has 0 aliphatic rings. The van der Waals surface area contributed by atoms with Crippen molar-refractivity contribution in [3.05, 3.63) is 35.1 Å². The minimum Gasteiger partial charge on any atom is -0.357 e. The Kier molecular flexibility index (Phi) is 7.49. The van der Waals surface area contributed by atoms with E-state index in [1.54, 1.807) is 19.1 Å². The van der Waals surface area contributed by atoms with Gasteiger partial charge in [0.15, 0.2) is 5.96 Å². The Morgan fingerprint density at radius 3 is 2.57 bits per heavy atom. The maximum absolute atomic E-state index is 13.7. The van der Waals surface area contributed by atoms with Gasteiger partial charge in [0.2, 0.25) is 0 Å². The van der Waals surface area contributed by atoms with E-state index in [4.69, 9.17) is 0 Å². The summed E-state index contributed by atoms with van der Waals surface area (Å²) in [4.78, 5) is 4.56. The molecule has 0 saturated carbocycles. The van der Waals surface area contributed by atoms with Crippen LogP contribution >= 0.6 is 0 Å². The van der Waals surface area contributed by atoms with E-state index in [0.29, 0.717) is 12.1 Å². The van der Waals surface area contributed by atoms with Crippen LogP contribution in [0.3, 0.4) is 0 Å². The molecule has 23 heavy (non-hydrogen) atoms. The quantitative estimate of drug-likeness (QED) is 0.428. The van der Waals surface area contributed by atoms with E-state index in [-0.39, 0.29) is 17.4 Å². The average Bonchev–Trinajstić information content (AvgIpc) is 2.45. The monoisotopic (exact) mass is 322 g/mol. The van der Waals surface area contributed by atoms with E-state index < -0.39 is 0 Å². The number of nitrogens with one attached hydrogen (secondary N) is 3. The molecule has 1 unspecified atom stereocenters. The van der Waals surface area contributed by atoms with Crippen LogP contribution in [0.25, 0.3) is 0 Å². The molecule has 0 saturated heterocycles. The summed E-state index contributed by atoms with van der Waals surface area (Å²) in [6.45, 7) is 14.5. The highest BCUT2D eigenvalue weighted by Gasteiger charge is 2.10. The van der Waals surface area contributed by atoms with Gasteiger partial charge in [0.1, 0.15) is 5.82 Å². The average molecular weight is 322 g/mol. The molecule has 0 amide bonds. The lowest BCUT2D eigenvalue weighted by Crippen LogP contribution is -2.40. The van der Waals surface area contributed by atoms with Gasteiger partial charge in [-0.15, -0.1) is 0 Å². The van der Waals surface area contributed by atoms with Crippen LogP contribution in [0.1, 0.15) is 51.8 Å². The van der Waals surface area contributed by atoms with E-state index in [0.717, 1.165) is 24.6 Å². The number of hydrogen-bond donors (Lipinski definition) is 3. The number of nitrogens with zero attached hydrogens (tertiary/aromatic N) is 1. The maximum Gasteiger partial charge on any atom is 0.191 e. The molecule has 0 spiro atoms. The summed E-state index contributed by atoms with van der Waals surface area (Å²) in [5, 5.41) is 9.95. The first-order valence-corrected chi connectivity index (χ1v) is 8.29. The summed E-state index contributed by atoms with van der Waals surface area (Å²) >= 11 is 0. The number of aryl methyl sites for hydroxylation is 1. The fourth-order valence-electron chi connectivity index (χ4n) is 2.09. The Hall–Kier alpha value is -1.62. The number of halogens is 1. The van der Waals surface area contributed by atoms with Crippen molar-refractivity contribution < 1.29 is 4.39 Å². The van der Waals surface area contributed by atoms with E-state index in [2.05, 4.69) is 41.7 Å². The molecule has 0 radical (unpaired) electrons. The number of guanidine groups is 1. The Bertz CT molecular complexity index is 520. The summed E-state index contributed by atoms with van der Waals surface area (Å²) in [6, 6.07) is 5.32. The van der Waals surface area contributed by atoms with E-state index >= 15 is 0 Å². The Balaban J connectivity index is 2.64. The van der Waals surface area contributed by atoms with Crippen LogP contribution in [0.5, 0.6) is 0 Å². The highest BCUT2D eigenvalue weighted by Crippen LogP contribution is 2.16. The molecule has 5 heteroatoms. The van der Waals surface area contributed by atoms with Gasteiger partial charge in [0.05, 0.1) is 12.6 Å². The summed E-state index contributed by atoms with van der Waals surface area (Å²) in [7, 11) is 0. The molecule has 1 atom stereocenters. The summed E-state index contributed by atoms with van der Waals surface area (Å²) in [6.07, 6.45) is 0. The molecule has 0 heterocycles. The lowest BCUT2D eigenvalue weighted by molar-refractivity contribution is 0.432. The predicted molar refractivity (Wildman–Crippen MR) is 96.4 cm³/mol. The van der Waals surface area contributed by atoms with E-state index in [9.17, 15) is 4.39 Å². The molecule has 0 aliphatic carbocycles. The topological polar surface area (TPSA) is 48.5 Å². The molecule has 3 N–H and O–H groups in total. The van der Waals surface area contributed by atoms with Crippen molar-refractivity contribution >= 4 is 5.96 Å². The van der Waals surface area contributed by atoms with Crippen molar-refractivity contribution in [2.75, 3.05) is 19.6 Å². The molecule has 0 fully saturated rings. The smallest absolute Gasteiger partial charge is 0.191 e. The van der Waals surface area contributed by atoms with Crippen molar-refractivity contribution in [2.45, 2.75) is 53.1 Å². The van der Waals surface area contributed by atoms with Gasteiger partial charge in [-0.2, -0.15) is 0 Å². The Morgan fingerprint density at radius 2 is 2.00 bits per heavy atom. The Labute approximate surface area is 140 Å². The van der Waals surface area contributed by atoms with Gasteiger partial charge in [-0.05, 0) is 58.7 Å². The number of benzene rings is 1. The largest absolute Gasteiger partial charge is 0.357 e. The fourth-order valence-corrected chi connectivity index (χ4v) is 2.09.